The molecule has 0 N–H and O–H groups in total. The van der Waals surface area contributed by atoms with Crippen molar-refractivity contribution in [3.8, 4) is 0 Å². The van der Waals surface area contributed by atoms with Gasteiger partial charge in [-0.1, -0.05) is 181 Å². The Balaban J connectivity index is -0.0000101. The number of unbranched alkanes of at least 4 members (excludes halogenated alkanes) is 31. The van der Waals surface area contributed by atoms with E-state index in [1.165, 1.54) is 253 Å². The third-order valence-electron chi connectivity index (χ3n) is 11.0. The van der Waals surface area contributed by atoms with Crippen LogP contribution in [0.2, 0.25) is 0 Å². The van der Waals surface area contributed by atoms with E-state index in [1.54, 1.807) is 0 Å². The molecule has 0 spiro atoms. The molecule has 0 saturated carbocycles. The summed E-state index contributed by atoms with van der Waals surface area (Å²) in [5.41, 5.74) is 0. The molecule has 0 atom stereocenters. The van der Waals surface area contributed by atoms with Crippen molar-refractivity contribution in [3.05, 3.63) is 0 Å². The van der Waals surface area contributed by atoms with Gasteiger partial charge in [0.2, 0.25) is 0 Å². The molecule has 0 unspecified atom stereocenters. The standard InChI is InChI=1S/C44H94N2.2BrH/c1-7-9-11-13-15-17-19-21-23-25-27-29-31-33-37-41-45(3,4)43-39-35-36-40-44-46(5,6)42-38-34-32-30-28-26-24-22-20-18-16-14-12-10-8-2;;/h7-44H2,1-6H3;2*1H/q+2;;/p-2. The van der Waals surface area contributed by atoms with Crippen LogP contribution < -0.4 is 34.0 Å². The second-order valence-electron chi connectivity index (χ2n) is 17.1. The number of hydrogen-bond donors (Lipinski definition) is 0. The number of nitrogens with zero attached hydrogens (tertiary/aromatic N) is 2. The van der Waals surface area contributed by atoms with E-state index in [2.05, 4.69) is 42.0 Å². The first-order valence-electron chi connectivity index (χ1n) is 22.0. The van der Waals surface area contributed by atoms with Gasteiger partial charge < -0.3 is 42.9 Å². The van der Waals surface area contributed by atoms with Gasteiger partial charge in [0, 0.05) is 0 Å². The Morgan fingerprint density at radius 1 is 0.208 bits per heavy atom. The number of rotatable bonds is 39. The molecule has 0 amide bonds. The molecule has 294 valence electrons. The zero-order valence-corrected chi connectivity index (χ0v) is 37.7. The molecular formula is C44H94Br2N2. The summed E-state index contributed by atoms with van der Waals surface area (Å²) in [6, 6.07) is 0. The lowest BCUT2D eigenvalue weighted by molar-refractivity contribution is -0.891. The molecule has 2 nitrogen and oxygen atoms in total. The molecule has 0 aliphatic heterocycles. The third-order valence-corrected chi connectivity index (χ3v) is 11.0. The van der Waals surface area contributed by atoms with Gasteiger partial charge in [0.15, 0.2) is 0 Å². The first-order valence-corrected chi connectivity index (χ1v) is 22.0. The van der Waals surface area contributed by atoms with Crippen LogP contribution in [0.15, 0.2) is 0 Å². The van der Waals surface area contributed by atoms with Crippen molar-refractivity contribution >= 4 is 0 Å². The maximum atomic E-state index is 2.47. The van der Waals surface area contributed by atoms with Crippen molar-refractivity contribution in [3.63, 3.8) is 0 Å². The van der Waals surface area contributed by atoms with E-state index in [1.807, 2.05) is 0 Å². The van der Waals surface area contributed by atoms with Gasteiger partial charge >= 0.3 is 0 Å². The number of halogens is 2. The third kappa shape index (κ3) is 43.0. The Kier molecular flexibility index (Phi) is 45.1. The molecular weight excluding hydrogens is 716 g/mol. The van der Waals surface area contributed by atoms with Gasteiger partial charge in [-0.05, 0) is 51.4 Å². The maximum Gasteiger partial charge on any atom is 0.0782 e. The molecule has 0 aromatic rings. The van der Waals surface area contributed by atoms with Crippen LogP contribution in [0.5, 0.6) is 0 Å². The van der Waals surface area contributed by atoms with Gasteiger partial charge in [0.25, 0.3) is 0 Å². The van der Waals surface area contributed by atoms with Gasteiger partial charge in [0.05, 0.1) is 54.4 Å². The average Bonchev–Trinajstić information content (AvgIpc) is 3.02. The molecule has 0 radical (unpaired) electrons. The quantitative estimate of drug-likeness (QED) is 0.0432. The van der Waals surface area contributed by atoms with Crippen LogP contribution in [0.25, 0.3) is 0 Å². The molecule has 0 aromatic heterocycles. The van der Waals surface area contributed by atoms with Crippen LogP contribution in [-0.2, 0) is 0 Å². The van der Waals surface area contributed by atoms with E-state index in [4.69, 9.17) is 0 Å². The van der Waals surface area contributed by atoms with E-state index in [-0.39, 0.29) is 34.0 Å². The summed E-state index contributed by atoms with van der Waals surface area (Å²) < 4.78 is 2.47. The molecule has 0 aliphatic rings. The lowest BCUT2D eigenvalue weighted by Crippen LogP contribution is -3.00. The van der Waals surface area contributed by atoms with Crippen LogP contribution in [0.3, 0.4) is 0 Å². The SMILES string of the molecule is CCCCCCCCCCCCCCCCC[N+](C)(C)CCCCCC[N+](C)(C)CCCCCCCCCCCCCCCCC.[Br-].[Br-]. The Morgan fingerprint density at radius 2 is 0.333 bits per heavy atom. The predicted molar refractivity (Wildman–Crippen MR) is 212 cm³/mol. The minimum atomic E-state index is 0. The highest BCUT2D eigenvalue weighted by Crippen LogP contribution is 2.16. The van der Waals surface area contributed by atoms with Crippen molar-refractivity contribution in [1.29, 1.82) is 0 Å². The zero-order valence-electron chi connectivity index (χ0n) is 34.5. The highest BCUT2D eigenvalue weighted by molar-refractivity contribution is 4.52. The lowest BCUT2D eigenvalue weighted by Gasteiger charge is -2.31. The summed E-state index contributed by atoms with van der Waals surface area (Å²) >= 11 is 0. The van der Waals surface area contributed by atoms with Crippen LogP contribution in [0.4, 0.5) is 0 Å². The summed E-state index contributed by atoms with van der Waals surface area (Å²) in [5.74, 6) is 0. The average molecular weight is 811 g/mol. The molecule has 48 heavy (non-hydrogen) atoms. The first-order chi connectivity index (χ1) is 22.3. The minimum absolute atomic E-state index is 0. The van der Waals surface area contributed by atoms with Crippen molar-refractivity contribution in [2.24, 2.45) is 0 Å². The van der Waals surface area contributed by atoms with E-state index in [0.29, 0.717) is 0 Å². The van der Waals surface area contributed by atoms with E-state index >= 15 is 0 Å². The van der Waals surface area contributed by atoms with Crippen molar-refractivity contribution < 1.29 is 42.9 Å². The molecule has 0 aliphatic carbocycles. The van der Waals surface area contributed by atoms with Crippen LogP contribution in [0.1, 0.15) is 232 Å². The maximum absolute atomic E-state index is 2.47. The van der Waals surface area contributed by atoms with Gasteiger partial charge in [-0.3, -0.25) is 0 Å². The molecule has 0 fully saturated rings. The predicted octanol–water partition coefficient (Wildman–Crippen LogP) is 8.45. The monoisotopic (exact) mass is 809 g/mol. The highest BCUT2D eigenvalue weighted by Gasteiger charge is 2.16. The van der Waals surface area contributed by atoms with Crippen LogP contribution >= 0.6 is 0 Å². The molecule has 0 rings (SSSR count). The Bertz CT molecular complexity index is 530. The summed E-state index contributed by atoms with van der Waals surface area (Å²) in [7, 11) is 9.89. The fourth-order valence-corrected chi connectivity index (χ4v) is 7.48. The second-order valence-corrected chi connectivity index (χ2v) is 17.1. The molecule has 0 saturated heterocycles. The summed E-state index contributed by atoms with van der Waals surface area (Å²) in [6.07, 6.45) is 49.5. The smallest absolute Gasteiger partial charge is 0.0782 e. The summed E-state index contributed by atoms with van der Waals surface area (Å²) in [5, 5.41) is 0. The fraction of sp³-hybridized carbons (Fsp3) is 1.00. The highest BCUT2D eigenvalue weighted by atomic mass is 79.9. The normalized spacial score (nSPS) is 11.9. The van der Waals surface area contributed by atoms with Gasteiger partial charge in [-0.2, -0.15) is 0 Å². The molecule has 0 bridgehead atoms. The van der Waals surface area contributed by atoms with Gasteiger partial charge in [0.1, 0.15) is 0 Å². The van der Waals surface area contributed by atoms with E-state index in [0.717, 1.165) is 0 Å². The van der Waals surface area contributed by atoms with Crippen molar-refractivity contribution in [2.45, 2.75) is 232 Å². The van der Waals surface area contributed by atoms with Gasteiger partial charge in [-0.25, -0.2) is 0 Å². The van der Waals surface area contributed by atoms with Crippen LogP contribution in [0, 0.1) is 0 Å². The Labute approximate surface area is 327 Å². The lowest BCUT2D eigenvalue weighted by atomic mass is 10.0. The number of hydrogen-bond acceptors (Lipinski definition) is 0. The van der Waals surface area contributed by atoms with Crippen LogP contribution in [-0.4, -0.2) is 63.3 Å². The molecule has 0 heterocycles. The largest absolute Gasteiger partial charge is 1.00 e. The Morgan fingerprint density at radius 3 is 0.479 bits per heavy atom. The van der Waals surface area contributed by atoms with E-state index in [9.17, 15) is 0 Å². The molecule has 0 aromatic carbocycles. The minimum Gasteiger partial charge on any atom is -1.00 e. The van der Waals surface area contributed by atoms with E-state index < -0.39 is 0 Å². The topological polar surface area (TPSA) is 0 Å². The van der Waals surface area contributed by atoms with Gasteiger partial charge in [-0.15, -0.1) is 0 Å². The van der Waals surface area contributed by atoms with Crippen molar-refractivity contribution in [2.75, 3.05) is 54.4 Å². The molecule has 4 heteroatoms. The van der Waals surface area contributed by atoms with Crippen molar-refractivity contribution in [1.82, 2.24) is 0 Å². The summed E-state index contributed by atoms with van der Waals surface area (Å²) in [6.45, 7) is 10.1. The summed E-state index contributed by atoms with van der Waals surface area (Å²) in [4.78, 5) is 0. The zero-order chi connectivity index (χ0) is 33.9. The fourth-order valence-electron chi connectivity index (χ4n) is 7.48. The number of quaternary nitrogens is 2. The second kappa shape index (κ2) is 40.6. The first kappa shape index (κ1) is 53.2. The Hall–Kier alpha value is 0.880.